The van der Waals surface area contributed by atoms with Crippen molar-refractivity contribution in [3.8, 4) is 11.6 Å². The molecule has 0 bridgehead atoms. The monoisotopic (exact) mass is 342 g/mol. The zero-order valence-corrected chi connectivity index (χ0v) is 14.2. The molecular formula is C19H22N2O4. The lowest BCUT2D eigenvalue weighted by Gasteiger charge is -2.11. The molecule has 1 saturated heterocycles. The van der Waals surface area contributed by atoms with E-state index in [-0.39, 0.29) is 12.0 Å². The van der Waals surface area contributed by atoms with Crippen LogP contribution in [0.5, 0.6) is 11.6 Å². The number of pyridine rings is 1. The van der Waals surface area contributed by atoms with Crippen LogP contribution in [0.1, 0.15) is 28.8 Å². The van der Waals surface area contributed by atoms with E-state index in [1.165, 1.54) is 6.20 Å². The molecule has 3 rings (SSSR count). The summed E-state index contributed by atoms with van der Waals surface area (Å²) in [6.45, 7) is 1.68. The molecule has 0 aliphatic carbocycles. The highest BCUT2D eigenvalue weighted by molar-refractivity contribution is 5.93. The zero-order chi connectivity index (χ0) is 17.5. The molecule has 1 aromatic carbocycles. The highest BCUT2D eigenvalue weighted by Gasteiger charge is 2.16. The van der Waals surface area contributed by atoms with Gasteiger partial charge in [0.2, 0.25) is 5.88 Å². The topological polar surface area (TPSA) is 69.7 Å². The Kier molecular flexibility index (Phi) is 5.85. The minimum absolute atomic E-state index is 0.144. The second-order valence-electron chi connectivity index (χ2n) is 5.83. The summed E-state index contributed by atoms with van der Waals surface area (Å²) in [6, 6.07) is 11.0. The minimum Gasteiger partial charge on any atom is -0.496 e. The van der Waals surface area contributed by atoms with Crippen molar-refractivity contribution in [2.75, 3.05) is 20.3 Å². The summed E-state index contributed by atoms with van der Waals surface area (Å²) >= 11 is 0. The SMILES string of the molecule is COc1ccccc1CNC(=O)c1ccc(OC[C@@H]2CCCO2)nc1. The number of nitrogens with zero attached hydrogens (tertiary/aromatic N) is 1. The third-order valence-corrected chi connectivity index (χ3v) is 4.07. The molecule has 1 fully saturated rings. The van der Waals surface area contributed by atoms with Crippen molar-refractivity contribution in [3.05, 3.63) is 53.7 Å². The Bertz CT molecular complexity index is 697. The van der Waals surface area contributed by atoms with Gasteiger partial charge in [0.05, 0.1) is 18.8 Å². The van der Waals surface area contributed by atoms with Gasteiger partial charge in [0.1, 0.15) is 12.4 Å². The van der Waals surface area contributed by atoms with Crippen LogP contribution in [0, 0.1) is 0 Å². The molecule has 1 aliphatic heterocycles. The van der Waals surface area contributed by atoms with Crippen LogP contribution in [-0.2, 0) is 11.3 Å². The van der Waals surface area contributed by atoms with Crippen molar-refractivity contribution in [1.29, 1.82) is 0 Å². The van der Waals surface area contributed by atoms with Crippen molar-refractivity contribution in [3.63, 3.8) is 0 Å². The molecule has 0 saturated carbocycles. The molecule has 1 atom stereocenters. The molecule has 1 amide bonds. The summed E-state index contributed by atoms with van der Waals surface area (Å²) in [4.78, 5) is 16.4. The number of aromatic nitrogens is 1. The Morgan fingerprint density at radius 3 is 2.92 bits per heavy atom. The van der Waals surface area contributed by atoms with Gasteiger partial charge in [-0.2, -0.15) is 0 Å². The van der Waals surface area contributed by atoms with Gasteiger partial charge in [0, 0.05) is 31.0 Å². The summed E-state index contributed by atoms with van der Waals surface area (Å²) in [5, 5.41) is 2.87. The Balaban J connectivity index is 1.51. The van der Waals surface area contributed by atoms with E-state index in [4.69, 9.17) is 14.2 Å². The maximum atomic E-state index is 12.2. The lowest BCUT2D eigenvalue weighted by atomic mass is 10.2. The van der Waals surface area contributed by atoms with Gasteiger partial charge < -0.3 is 19.5 Å². The van der Waals surface area contributed by atoms with Gasteiger partial charge in [-0.15, -0.1) is 0 Å². The third-order valence-electron chi connectivity index (χ3n) is 4.07. The first-order valence-corrected chi connectivity index (χ1v) is 8.37. The summed E-state index contributed by atoms with van der Waals surface area (Å²) < 4.78 is 16.4. The van der Waals surface area contributed by atoms with Crippen molar-refractivity contribution in [1.82, 2.24) is 10.3 Å². The van der Waals surface area contributed by atoms with E-state index in [0.29, 0.717) is 24.6 Å². The summed E-state index contributed by atoms with van der Waals surface area (Å²) in [6.07, 6.45) is 3.75. The number of carbonyl (C=O) groups is 1. The fraction of sp³-hybridized carbons (Fsp3) is 0.368. The normalized spacial score (nSPS) is 16.4. The molecule has 1 aliphatic rings. The number of rotatable bonds is 7. The third kappa shape index (κ3) is 4.70. The van der Waals surface area contributed by atoms with Gasteiger partial charge in [-0.3, -0.25) is 4.79 Å². The van der Waals surface area contributed by atoms with Gasteiger partial charge in [-0.1, -0.05) is 18.2 Å². The number of ether oxygens (including phenoxy) is 3. The summed E-state index contributed by atoms with van der Waals surface area (Å²) in [5.41, 5.74) is 1.40. The predicted octanol–water partition coefficient (Wildman–Crippen LogP) is 2.58. The molecule has 6 heteroatoms. The first-order chi connectivity index (χ1) is 12.3. The van der Waals surface area contributed by atoms with E-state index < -0.39 is 0 Å². The zero-order valence-electron chi connectivity index (χ0n) is 14.2. The van der Waals surface area contributed by atoms with Crippen LogP contribution in [-0.4, -0.2) is 37.3 Å². The number of nitrogens with one attached hydrogen (secondary N) is 1. The Labute approximate surface area is 147 Å². The van der Waals surface area contributed by atoms with Crippen LogP contribution in [0.3, 0.4) is 0 Å². The maximum Gasteiger partial charge on any atom is 0.253 e. The highest BCUT2D eigenvalue weighted by atomic mass is 16.5. The molecule has 2 heterocycles. The lowest BCUT2D eigenvalue weighted by Crippen LogP contribution is -2.23. The molecule has 132 valence electrons. The molecule has 25 heavy (non-hydrogen) atoms. The van der Waals surface area contributed by atoms with E-state index in [1.54, 1.807) is 19.2 Å². The van der Waals surface area contributed by atoms with Gasteiger partial charge in [0.25, 0.3) is 5.91 Å². The van der Waals surface area contributed by atoms with E-state index in [0.717, 1.165) is 30.8 Å². The first-order valence-electron chi connectivity index (χ1n) is 8.37. The quantitative estimate of drug-likeness (QED) is 0.837. The smallest absolute Gasteiger partial charge is 0.253 e. The van der Waals surface area contributed by atoms with Gasteiger partial charge in [0.15, 0.2) is 0 Å². The summed E-state index contributed by atoms with van der Waals surface area (Å²) in [5.74, 6) is 1.06. The second kappa shape index (κ2) is 8.48. The lowest BCUT2D eigenvalue weighted by molar-refractivity contribution is 0.0663. The van der Waals surface area contributed by atoms with Crippen LogP contribution in [0.4, 0.5) is 0 Å². The van der Waals surface area contributed by atoms with Gasteiger partial charge in [-0.05, 0) is 25.0 Å². The van der Waals surface area contributed by atoms with E-state index >= 15 is 0 Å². The van der Waals surface area contributed by atoms with Crippen molar-refractivity contribution >= 4 is 5.91 Å². The number of carbonyl (C=O) groups excluding carboxylic acids is 1. The molecule has 0 radical (unpaired) electrons. The number of hydrogen-bond acceptors (Lipinski definition) is 5. The number of amides is 1. The van der Waals surface area contributed by atoms with Crippen molar-refractivity contribution < 1.29 is 19.0 Å². The molecule has 2 aromatic rings. The molecule has 0 spiro atoms. The van der Waals surface area contributed by atoms with Gasteiger partial charge >= 0.3 is 0 Å². The van der Waals surface area contributed by atoms with Crippen LogP contribution in [0.2, 0.25) is 0 Å². The van der Waals surface area contributed by atoms with E-state index in [9.17, 15) is 4.79 Å². The van der Waals surface area contributed by atoms with Crippen molar-refractivity contribution in [2.24, 2.45) is 0 Å². The number of para-hydroxylation sites is 1. The average molecular weight is 342 g/mol. The van der Waals surface area contributed by atoms with E-state index in [1.807, 2.05) is 24.3 Å². The maximum absolute atomic E-state index is 12.2. The van der Waals surface area contributed by atoms with Crippen LogP contribution >= 0.6 is 0 Å². The molecule has 6 nitrogen and oxygen atoms in total. The van der Waals surface area contributed by atoms with Crippen LogP contribution < -0.4 is 14.8 Å². The summed E-state index contributed by atoms with van der Waals surface area (Å²) in [7, 11) is 1.61. The molecule has 1 aromatic heterocycles. The minimum atomic E-state index is -0.191. The molecular weight excluding hydrogens is 320 g/mol. The number of methoxy groups -OCH3 is 1. The molecule has 1 N–H and O–H groups in total. The Morgan fingerprint density at radius 1 is 1.32 bits per heavy atom. The van der Waals surface area contributed by atoms with Crippen LogP contribution in [0.25, 0.3) is 0 Å². The van der Waals surface area contributed by atoms with Gasteiger partial charge in [-0.25, -0.2) is 4.98 Å². The Hall–Kier alpha value is -2.60. The molecule has 0 unspecified atom stereocenters. The van der Waals surface area contributed by atoms with Crippen LogP contribution in [0.15, 0.2) is 42.6 Å². The average Bonchev–Trinajstić information content (AvgIpc) is 3.18. The highest BCUT2D eigenvalue weighted by Crippen LogP contribution is 2.17. The second-order valence-corrected chi connectivity index (χ2v) is 5.83. The standard InChI is InChI=1S/C19H22N2O4/c1-23-17-7-3-2-5-14(17)11-21-19(22)15-8-9-18(20-12-15)25-13-16-6-4-10-24-16/h2-3,5,7-9,12,16H,4,6,10-11,13H2,1H3,(H,21,22)/t16-/m0/s1. The fourth-order valence-corrected chi connectivity index (χ4v) is 2.68. The predicted molar refractivity (Wildman–Crippen MR) is 92.9 cm³/mol. The Morgan fingerprint density at radius 2 is 2.20 bits per heavy atom. The largest absolute Gasteiger partial charge is 0.496 e. The first kappa shape index (κ1) is 17.2. The number of hydrogen-bond donors (Lipinski definition) is 1. The number of benzene rings is 1. The fourth-order valence-electron chi connectivity index (χ4n) is 2.68. The van der Waals surface area contributed by atoms with E-state index in [2.05, 4.69) is 10.3 Å². The van der Waals surface area contributed by atoms with Crippen molar-refractivity contribution in [2.45, 2.75) is 25.5 Å².